The van der Waals surface area contributed by atoms with E-state index in [4.69, 9.17) is 4.42 Å². The Morgan fingerprint density at radius 1 is 1.62 bits per heavy atom. The fourth-order valence-electron chi connectivity index (χ4n) is 2.46. The molecular weight excluding hydrogens is 214 g/mol. The van der Waals surface area contributed by atoms with Gasteiger partial charge in [0.1, 0.15) is 11.9 Å². The molecule has 0 radical (unpaired) electrons. The van der Waals surface area contributed by atoms with Crippen LogP contribution in [0.3, 0.4) is 0 Å². The third-order valence-corrected chi connectivity index (χ3v) is 3.16. The molecule has 2 unspecified atom stereocenters. The molecule has 1 aliphatic rings. The van der Waals surface area contributed by atoms with Gasteiger partial charge in [-0.2, -0.15) is 0 Å². The van der Waals surface area contributed by atoms with E-state index in [0.717, 1.165) is 0 Å². The van der Waals surface area contributed by atoms with E-state index >= 15 is 0 Å². The van der Waals surface area contributed by atoms with Crippen LogP contribution in [0.2, 0.25) is 0 Å². The molecular formula is C10H13NO5. The quantitative estimate of drug-likeness (QED) is 0.574. The minimum atomic E-state index is -1.09. The van der Waals surface area contributed by atoms with Crippen LogP contribution in [0.1, 0.15) is 18.1 Å². The average Bonchev–Trinajstić information content (AvgIpc) is 2.82. The van der Waals surface area contributed by atoms with Crippen molar-refractivity contribution in [3.05, 3.63) is 34.3 Å². The van der Waals surface area contributed by atoms with Crippen molar-refractivity contribution in [3.63, 3.8) is 0 Å². The molecule has 0 saturated heterocycles. The Morgan fingerprint density at radius 3 is 2.88 bits per heavy atom. The first-order valence-electron chi connectivity index (χ1n) is 5.11. The zero-order chi connectivity index (χ0) is 11.7. The summed E-state index contributed by atoms with van der Waals surface area (Å²) in [6.45, 7) is -0.188. The van der Waals surface area contributed by atoms with Crippen LogP contribution in [-0.4, -0.2) is 33.9 Å². The molecule has 2 rings (SSSR count). The Labute approximate surface area is 91.7 Å². The maximum Gasteiger partial charge on any atom is 0.248 e. The van der Waals surface area contributed by atoms with Crippen LogP contribution in [0.4, 0.5) is 0 Å². The van der Waals surface area contributed by atoms with E-state index in [1.807, 2.05) is 0 Å². The fraction of sp³-hybridized carbons (Fsp3) is 0.600. The molecule has 0 amide bonds. The van der Waals surface area contributed by atoms with Gasteiger partial charge in [-0.05, 0) is 18.6 Å². The van der Waals surface area contributed by atoms with E-state index in [0.29, 0.717) is 5.76 Å². The van der Waals surface area contributed by atoms with Gasteiger partial charge in [0, 0.05) is 17.4 Å². The summed E-state index contributed by atoms with van der Waals surface area (Å²) in [5.74, 6) is -0.418. The number of hydrogen-bond acceptors (Lipinski definition) is 5. The summed E-state index contributed by atoms with van der Waals surface area (Å²) in [6, 6.07) is 2.19. The molecule has 6 heteroatoms. The molecule has 88 valence electrons. The summed E-state index contributed by atoms with van der Waals surface area (Å²) in [7, 11) is 0. The highest BCUT2D eigenvalue weighted by Crippen LogP contribution is 2.41. The zero-order valence-corrected chi connectivity index (χ0v) is 8.52. The van der Waals surface area contributed by atoms with Crippen molar-refractivity contribution < 1.29 is 19.6 Å². The lowest BCUT2D eigenvalue weighted by Gasteiger charge is -2.16. The van der Waals surface area contributed by atoms with Crippen molar-refractivity contribution in [1.29, 1.82) is 0 Å². The van der Waals surface area contributed by atoms with Crippen molar-refractivity contribution in [1.82, 2.24) is 0 Å². The maximum absolute atomic E-state index is 10.9. The van der Waals surface area contributed by atoms with Crippen LogP contribution in [0.15, 0.2) is 22.8 Å². The lowest BCUT2D eigenvalue weighted by atomic mass is 9.92. The Kier molecular flexibility index (Phi) is 2.93. The lowest BCUT2D eigenvalue weighted by Crippen LogP contribution is -2.33. The standard InChI is InChI=1S/C10H13NO5/c12-5-6-4-7(13)10(11(14)15)9(6)8-2-1-3-16-8/h1-3,6-7,9-10,12-13H,4-5H2/t6-,7?,9-,10?/m1/s1. The molecule has 1 aliphatic carbocycles. The molecule has 0 aromatic carbocycles. The average molecular weight is 227 g/mol. The third-order valence-electron chi connectivity index (χ3n) is 3.16. The number of aliphatic hydroxyl groups excluding tert-OH is 2. The number of rotatable bonds is 3. The van der Waals surface area contributed by atoms with E-state index in [1.54, 1.807) is 12.1 Å². The third kappa shape index (κ3) is 1.70. The predicted molar refractivity (Wildman–Crippen MR) is 53.4 cm³/mol. The molecule has 1 heterocycles. The van der Waals surface area contributed by atoms with Crippen LogP contribution < -0.4 is 0 Å². The smallest absolute Gasteiger partial charge is 0.248 e. The summed E-state index contributed by atoms with van der Waals surface area (Å²) in [5.41, 5.74) is 0. The lowest BCUT2D eigenvalue weighted by molar-refractivity contribution is -0.534. The fourth-order valence-corrected chi connectivity index (χ4v) is 2.46. The van der Waals surface area contributed by atoms with Crippen LogP contribution in [-0.2, 0) is 0 Å². The second-order valence-corrected chi connectivity index (χ2v) is 4.06. The number of nitro groups is 1. The molecule has 6 nitrogen and oxygen atoms in total. The van der Waals surface area contributed by atoms with Gasteiger partial charge in [0.25, 0.3) is 0 Å². The van der Waals surface area contributed by atoms with Gasteiger partial charge in [0.2, 0.25) is 6.04 Å². The Bertz CT molecular complexity index is 363. The summed E-state index contributed by atoms with van der Waals surface area (Å²) < 4.78 is 5.15. The number of nitrogens with zero attached hydrogens (tertiary/aromatic N) is 1. The highest BCUT2D eigenvalue weighted by Gasteiger charge is 2.51. The van der Waals surface area contributed by atoms with Crippen molar-refractivity contribution >= 4 is 0 Å². The van der Waals surface area contributed by atoms with Gasteiger partial charge < -0.3 is 14.6 Å². The summed E-state index contributed by atoms with van der Waals surface area (Å²) in [4.78, 5) is 10.4. The van der Waals surface area contributed by atoms with Gasteiger partial charge in [-0.15, -0.1) is 0 Å². The van der Waals surface area contributed by atoms with Crippen molar-refractivity contribution in [2.75, 3.05) is 6.61 Å². The van der Waals surface area contributed by atoms with E-state index in [1.165, 1.54) is 6.26 Å². The molecule has 0 spiro atoms. The highest BCUT2D eigenvalue weighted by atomic mass is 16.6. The topological polar surface area (TPSA) is 96.7 Å². The SMILES string of the molecule is O=[N+]([O-])C1C(O)C[C@H](CO)[C@@H]1c1ccco1. The van der Waals surface area contributed by atoms with Gasteiger partial charge in [0.05, 0.1) is 12.2 Å². The minimum absolute atomic E-state index is 0.188. The Balaban J connectivity index is 2.33. The highest BCUT2D eigenvalue weighted by molar-refractivity contribution is 5.14. The first-order valence-corrected chi connectivity index (χ1v) is 5.11. The first-order chi connectivity index (χ1) is 7.65. The molecule has 1 fully saturated rings. The summed E-state index contributed by atoms with van der Waals surface area (Å²) in [5, 5.41) is 29.7. The van der Waals surface area contributed by atoms with E-state index in [-0.39, 0.29) is 18.9 Å². The van der Waals surface area contributed by atoms with E-state index in [2.05, 4.69) is 0 Å². The second kappa shape index (κ2) is 4.23. The molecule has 1 aromatic heterocycles. The van der Waals surface area contributed by atoms with Crippen LogP contribution in [0, 0.1) is 16.0 Å². The van der Waals surface area contributed by atoms with Crippen LogP contribution >= 0.6 is 0 Å². The Hall–Kier alpha value is -1.40. The van der Waals surface area contributed by atoms with E-state index in [9.17, 15) is 20.3 Å². The van der Waals surface area contributed by atoms with Crippen molar-refractivity contribution in [2.24, 2.45) is 5.92 Å². The van der Waals surface area contributed by atoms with Gasteiger partial charge in [-0.25, -0.2) is 0 Å². The molecule has 2 N–H and O–H groups in total. The van der Waals surface area contributed by atoms with Crippen molar-refractivity contribution in [3.8, 4) is 0 Å². The normalized spacial score (nSPS) is 34.1. The molecule has 1 aromatic rings. The van der Waals surface area contributed by atoms with Gasteiger partial charge in [-0.3, -0.25) is 10.1 Å². The minimum Gasteiger partial charge on any atom is -0.469 e. The monoisotopic (exact) mass is 227 g/mol. The number of hydrogen-bond donors (Lipinski definition) is 2. The largest absolute Gasteiger partial charge is 0.469 e. The zero-order valence-electron chi connectivity index (χ0n) is 8.52. The first kappa shape index (κ1) is 11.1. The molecule has 0 aliphatic heterocycles. The molecule has 1 saturated carbocycles. The van der Waals surface area contributed by atoms with Gasteiger partial charge in [-0.1, -0.05) is 0 Å². The summed E-state index contributed by atoms with van der Waals surface area (Å²) in [6.07, 6.45) is 0.640. The number of aliphatic hydroxyl groups is 2. The molecule has 4 atom stereocenters. The molecule has 16 heavy (non-hydrogen) atoms. The van der Waals surface area contributed by atoms with Gasteiger partial charge in [0.15, 0.2) is 0 Å². The van der Waals surface area contributed by atoms with Gasteiger partial charge >= 0.3 is 0 Å². The predicted octanol–water partition coefficient (Wildman–Crippen LogP) is 0.382. The van der Waals surface area contributed by atoms with E-state index < -0.39 is 23.0 Å². The number of furan rings is 1. The maximum atomic E-state index is 10.9. The Morgan fingerprint density at radius 2 is 2.38 bits per heavy atom. The van der Waals surface area contributed by atoms with Crippen molar-refractivity contribution in [2.45, 2.75) is 24.5 Å². The van der Waals surface area contributed by atoms with Crippen LogP contribution in [0.5, 0.6) is 0 Å². The molecule has 0 bridgehead atoms. The second-order valence-electron chi connectivity index (χ2n) is 4.06. The van der Waals surface area contributed by atoms with Crippen LogP contribution in [0.25, 0.3) is 0 Å². The summed E-state index contributed by atoms with van der Waals surface area (Å²) >= 11 is 0.